The fraction of sp³-hybridized carbons (Fsp3) is 0.200. The van der Waals surface area contributed by atoms with E-state index in [-0.39, 0.29) is 11.4 Å². The largest absolute Gasteiger partial charge is 0.309 e. The van der Waals surface area contributed by atoms with Crippen LogP contribution in [0.2, 0.25) is 0 Å². The van der Waals surface area contributed by atoms with Crippen LogP contribution in [0, 0.1) is 5.82 Å². The summed E-state index contributed by atoms with van der Waals surface area (Å²) in [5, 5.41) is 3.09. The van der Waals surface area contributed by atoms with Gasteiger partial charge in [-0.15, -0.1) is 0 Å². The van der Waals surface area contributed by atoms with Gasteiger partial charge in [0.15, 0.2) is 0 Å². The minimum absolute atomic E-state index is 0.00628. The van der Waals surface area contributed by atoms with Gasteiger partial charge in [-0.2, -0.15) is 0 Å². The third-order valence-corrected chi connectivity index (χ3v) is 3.38. The molecule has 0 bridgehead atoms. The zero-order chi connectivity index (χ0) is 14.5. The van der Waals surface area contributed by atoms with E-state index >= 15 is 0 Å². The first kappa shape index (κ1) is 15.1. The van der Waals surface area contributed by atoms with Crippen molar-refractivity contribution in [1.29, 1.82) is 0 Å². The number of benzene rings is 2. The first-order chi connectivity index (χ1) is 9.56. The van der Waals surface area contributed by atoms with Gasteiger partial charge in [-0.25, -0.2) is 13.2 Å². The van der Waals surface area contributed by atoms with Crippen molar-refractivity contribution in [3.05, 3.63) is 69.4 Å². The van der Waals surface area contributed by atoms with Crippen LogP contribution in [-0.4, -0.2) is 0 Å². The molecule has 0 aliphatic carbocycles. The maximum Gasteiger partial charge on any atom is 0.263 e. The van der Waals surface area contributed by atoms with Crippen molar-refractivity contribution >= 4 is 15.9 Å². The lowest BCUT2D eigenvalue weighted by Crippen LogP contribution is -2.13. The maximum absolute atomic E-state index is 13.5. The number of hydrogen-bond donors (Lipinski definition) is 1. The molecule has 20 heavy (non-hydrogen) atoms. The second-order valence-corrected chi connectivity index (χ2v) is 5.30. The topological polar surface area (TPSA) is 12.0 Å². The molecule has 0 aliphatic rings. The lowest BCUT2D eigenvalue weighted by molar-refractivity contribution is 0.151. The molecular formula is C15H13BrF3N. The summed E-state index contributed by atoms with van der Waals surface area (Å²) in [4.78, 5) is 0. The molecule has 0 aliphatic heterocycles. The molecule has 5 heteroatoms. The zero-order valence-corrected chi connectivity index (χ0v) is 12.1. The van der Waals surface area contributed by atoms with Crippen LogP contribution in [0.25, 0.3) is 0 Å². The first-order valence-electron chi connectivity index (χ1n) is 6.08. The van der Waals surface area contributed by atoms with Crippen LogP contribution < -0.4 is 5.32 Å². The zero-order valence-electron chi connectivity index (χ0n) is 10.5. The van der Waals surface area contributed by atoms with Crippen LogP contribution in [0.1, 0.15) is 23.1 Å². The van der Waals surface area contributed by atoms with Gasteiger partial charge in [-0.1, -0.05) is 40.2 Å². The van der Waals surface area contributed by atoms with Crippen molar-refractivity contribution in [2.45, 2.75) is 19.5 Å². The van der Waals surface area contributed by atoms with Crippen molar-refractivity contribution in [1.82, 2.24) is 5.32 Å². The van der Waals surface area contributed by atoms with E-state index in [2.05, 4.69) is 21.2 Å². The highest BCUT2D eigenvalue weighted by molar-refractivity contribution is 9.10. The van der Waals surface area contributed by atoms with Gasteiger partial charge in [-0.05, 0) is 23.8 Å². The maximum atomic E-state index is 13.5. The molecule has 2 rings (SSSR count). The minimum Gasteiger partial charge on any atom is -0.309 e. The molecule has 0 radical (unpaired) electrons. The number of halogens is 4. The SMILES string of the molecule is Fc1ccc(Br)cc1CNCc1ccc(C(F)F)cc1. The molecule has 0 fully saturated rings. The van der Waals surface area contributed by atoms with E-state index in [1.807, 2.05) is 0 Å². The van der Waals surface area contributed by atoms with Gasteiger partial charge in [-0.3, -0.25) is 0 Å². The Kier molecular flexibility index (Phi) is 5.20. The van der Waals surface area contributed by atoms with E-state index in [1.165, 1.54) is 18.2 Å². The van der Waals surface area contributed by atoms with E-state index in [0.717, 1.165) is 10.0 Å². The highest BCUT2D eigenvalue weighted by atomic mass is 79.9. The molecule has 0 amide bonds. The van der Waals surface area contributed by atoms with Gasteiger partial charge in [0, 0.05) is 28.7 Å². The van der Waals surface area contributed by atoms with Gasteiger partial charge in [0.25, 0.3) is 6.43 Å². The Labute approximate surface area is 123 Å². The highest BCUT2D eigenvalue weighted by Gasteiger charge is 2.06. The summed E-state index contributed by atoms with van der Waals surface area (Å²) in [6.07, 6.45) is -2.45. The standard InChI is InChI=1S/C15H13BrF3N/c16-13-5-6-14(17)12(7-13)9-20-8-10-1-3-11(4-2-10)15(18)19/h1-7,15,20H,8-9H2. The molecule has 0 aromatic heterocycles. The molecule has 1 N–H and O–H groups in total. The summed E-state index contributed by atoms with van der Waals surface area (Å²) >= 11 is 3.29. The normalized spacial score (nSPS) is 11.1. The number of rotatable bonds is 5. The van der Waals surface area contributed by atoms with Crippen molar-refractivity contribution in [2.75, 3.05) is 0 Å². The fourth-order valence-electron chi connectivity index (χ4n) is 1.80. The molecule has 0 heterocycles. The van der Waals surface area contributed by atoms with Crippen molar-refractivity contribution in [2.24, 2.45) is 0 Å². The molecule has 106 valence electrons. The highest BCUT2D eigenvalue weighted by Crippen LogP contribution is 2.19. The van der Waals surface area contributed by atoms with Crippen LogP contribution in [0.4, 0.5) is 13.2 Å². The van der Waals surface area contributed by atoms with E-state index in [9.17, 15) is 13.2 Å². The molecular weight excluding hydrogens is 331 g/mol. The van der Waals surface area contributed by atoms with Crippen molar-refractivity contribution in [3.63, 3.8) is 0 Å². The van der Waals surface area contributed by atoms with E-state index in [0.29, 0.717) is 18.7 Å². The molecule has 2 aromatic carbocycles. The van der Waals surface area contributed by atoms with Gasteiger partial charge < -0.3 is 5.32 Å². The molecule has 0 unspecified atom stereocenters. The Balaban J connectivity index is 1.91. The smallest absolute Gasteiger partial charge is 0.263 e. The van der Waals surface area contributed by atoms with Crippen molar-refractivity contribution < 1.29 is 13.2 Å². The summed E-state index contributed by atoms with van der Waals surface area (Å²) < 4.78 is 39.1. The predicted octanol–water partition coefficient (Wildman–Crippen LogP) is 4.82. The van der Waals surface area contributed by atoms with E-state index < -0.39 is 6.43 Å². The van der Waals surface area contributed by atoms with Gasteiger partial charge >= 0.3 is 0 Å². The van der Waals surface area contributed by atoms with Crippen LogP contribution >= 0.6 is 15.9 Å². The monoisotopic (exact) mass is 343 g/mol. The lowest BCUT2D eigenvalue weighted by Gasteiger charge is -2.07. The quantitative estimate of drug-likeness (QED) is 0.820. The average molecular weight is 344 g/mol. The molecule has 0 saturated carbocycles. The molecule has 1 nitrogen and oxygen atoms in total. The van der Waals surface area contributed by atoms with Crippen LogP contribution in [0.15, 0.2) is 46.9 Å². The Morgan fingerprint density at radius 1 is 1.00 bits per heavy atom. The van der Waals surface area contributed by atoms with Crippen molar-refractivity contribution in [3.8, 4) is 0 Å². The summed E-state index contributed by atoms with van der Waals surface area (Å²) in [5.74, 6) is -0.270. The van der Waals surface area contributed by atoms with Crippen LogP contribution in [0.3, 0.4) is 0 Å². The van der Waals surface area contributed by atoms with Gasteiger partial charge in [0.2, 0.25) is 0 Å². The Hall–Kier alpha value is -1.33. The average Bonchev–Trinajstić information content (AvgIpc) is 2.43. The summed E-state index contributed by atoms with van der Waals surface area (Å²) in [6, 6.07) is 10.9. The Morgan fingerprint density at radius 2 is 1.70 bits per heavy atom. The number of nitrogens with one attached hydrogen (secondary N) is 1. The predicted molar refractivity (Wildman–Crippen MR) is 76.0 cm³/mol. The minimum atomic E-state index is -2.45. The van der Waals surface area contributed by atoms with Gasteiger partial charge in [0.1, 0.15) is 5.82 Å². The Bertz CT molecular complexity index is 570. The molecule has 0 spiro atoms. The Morgan fingerprint density at radius 3 is 2.35 bits per heavy atom. The second-order valence-electron chi connectivity index (χ2n) is 4.38. The molecule has 0 atom stereocenters. The van der Waals surface area contributed by atoms with Crippen LogP contribution in [0.5, 0.6) is 0 Å². The summed E-state index contributed by atoms with van der Waals surface area (Å²) in [5.41, 5.74) is 1.44. The molecule has 0 saturated heterocycles. The molecule has 2 aromatic rings. The third kappa shape index (κ3) is 4.08. The van der Waals surface area contributed by atoms with E-state index in [4.69, 9.17) is 0 Å². The van der Waals surface area contributed by atoms with Crippen LogP contribution in [-0.2, 0) is 13.1 Å². The van der Waals surface area contributed by atoms with E-state index in [1.54, 1.807) is 24.3 Å². The lowest BCUT2D eigenvalue weighted by atomic mass is 10.1. The number of hydrogen-bond acceptors (Lipinski definition) is 1. The summed E-state index contributed by atoms with van der Waals surface area (Å²) in [6.45, 7) is 0.872. The van der Waals surface area contributed by atoms with Gasteiger partial charge in [0.05, 0.1) is 0 Å². The second kappa shape index (κ2) is 6.90. The number of alkyl halides is 2. The first-order valence-corrected chi connectivity index (χ1v) is 6.87. The third-order valence-electron chi connectivity index (χ3n) is 2.88. The summed E-state index contributed by atoms with van der Waals surface area (Å²) in [7, 11) is 0. The fourth-order valence-corrected chi connectivity index (χ4v) is 2.21.